The van der Waals surface area contributed by atoms with Crippen molar-refractivity contribution < 1.29 is 13.2 Å². The van der Waals surface area contributed by atoms with E-state index in [-0.39, 0.29) is 5.91 Å². The third-order valence-electron chi connectivity index (χ3n) is 5.18. The van der Waals surface area contributed by atoms with E-state index in [1.807, 2.05) is 30.8 Å². The van der Waals surface area contributed by atoms with E-state index in [4.69, 9.17) is 4.98 Å². The highest BCUT2D eigenvalue weighted by molar-refractivity contribution is 7.92. The second-order valence-electron chi connectivity index (χ2n) is 8.17. The van der Waals surface area contributed by atoms with Gasteiger partial charge < -0.3 is 15.1 Å². The highest BCUT2D eigenvalue weighted by atomic mass is 32.2. The number of nitrogens with one attached hydrogen (secondary N) is 2. The van der Waals surface area contributed by atoms with Gasteiger partial charge in [0.2, 0.25) is 10.0 Å². The topological polar surface area (TPSA) is 99.0 Å². The number of amides is 1. The number of benzene rings is 1. The predicted octanol–water partition coefficient (Wildman–Crippen LogP) is 2.91. The van der Waals surface area contributed by atoms with Gasteiger partial charge in [-0.1, -0.05) is 13.0 Å². The van der Waals surface area contributed by atoms with Gasteiger partial charge in [0, 0.05) is 31.5 Å². The highest BCUT2D eigenvalue weighted by Gasteiger charge is 2.18. The molecule has 0 aliphatic rings. The number of fused-ring (bicyclic) bond motifs is 1. The summed E-state index contributed by atoms with van der Waals surface area (Å²) in [5.41, 5.74) is 3.15. The zero-order valence-corrected chi connectivity index (χ0v) is 20.6. The van der Waals surface area contributed by atoms with E-state index in [9.17, 15) is 13.2 Å². The molecule has 2 aromatic heterocycles. The normalized spacial score (nSPS) is 11.7. The Labute approximate surface area is 195 Å². The van der Waals surface area contributed by atoms with Gasteiger partial charge in [0.05, 0.1) is 23.2 Å². The van der Waals surface area contributed by atoms with Crippen LogP contribution in [0.4, 0.5) is 17.2 Å². The first kappa shape index (κ1) is 24.5. The number of rotatable bonds is 10. The smallest absolute Gasteiger partial charge is 0.257 e. The monoisotopic (exact) mass is 472 g/mol. The second-order valence-corrected chi connectivity index (χ2v) is 9.92. The Bertz CT molecular complexity index is 1240. The predicted molar refractivity (Wildman–Crippen MR) is 134 cm³/mol. The molecule has 0 fully saturated rings. The molecular formula is C23H32N6O3S. The Morgan fingerprint density at radius 3 is 2.45 bits per heavy atom. The molecule has 9 nitrogen and oxygen atoms in total. The lowest BCUT2D eigenvalue weighted by atomic mass is 10.2. The minimum Gasteiger partial charge on any atom is -0.355 e. The first-order valence-corrected chi connectivity index (χ1v) is 12.8. The molecule has 3 aromatic rings. The minimum atomic E-state index is -3.41. The first-order valence-electron chi connectivity index (χ1n) is 10.9. The lowest BCUT2D eigenvalue weighted by Crippen LogP contribution is -2.33. The van der Waals surface area contributed by atoms with Gasteiger partial charge in [-0.2, -0.15) is 0 Å². The van der Waals surface area contributed by atoms with Gasteiger partial charge in [-0.25, -0.2) is 13.4 Å². The number of aromatic nitrogens is 2. The van der Waals surface area contributed by atoms with E-state index in [2.05, 4.69) is 33.7 Å². The summed E-state index contributed by atoms with van der Waals surface area (Å²) in [6, 6.07) is 10.2. The van der Waals surface area contributed by atoms with Crippen LogP contribution in [-0.2, 0) is 16.4 Å². The third-order valence-corrected chi connectivity index (χ3v) is 5.79. The quantitative estimate of drug-likeness (QED) is 0.471. The van der Waals surface area contributed by atoms with Crippen LogP contribution in [0.3, 0.4) is 0 Å². The van der Waals surface area contributed by atoms with Crippen LogP contribution in [0, 0.1) is 0 Å². The largest absolute Gasteiger partial charge is 0.355 e. The zero-order chi connectivity index (χ0) is 24.2. The summed E-state index contributed by atoms with van der Waals surface area (Å²) in [6.07, 6.45) is 3.68. The highest BCUT2D eigenvalue weighted by Crippen LogP contribution is 2.24. The number of imidazole rings is 1. The Morgan fingerprint density at radius 2 is 1.82 bits per heavy atom. The maximum Gasteiger partial charge on any atom is 0.257 e. The maximum absolute atomic E-state index is 13.0. The van der Waals surface area contributed by atoms with Crippen LogP contribution in [-0.4, -0.2) is 68.6 Å². The maximum atomic E-state index is 13.0. The molecule has 1 amide bonds. The summed E-state index contributed by atoms with van der Waals surface area (Å²) >= 11 is 0. The second kappa shape index (κ2) is 10.2. The number of carbonyl (C=O) groups excluding carboxylic acids is 1. The fourth-order valence-electron chi connectivity index (χ4n) is 3.60. The summed E-state index contributed by atoms with van der Waals surface area (Å²) in [7, 11) is 0.690. The van der Waals surface area contributed by atoms with Gasteiger partial charge in [-0.3, -0.25) is 13.9 Å². The van der Waals surface area contributed by atoms with Crippen LogP contribution >= 0.6 is 0 Å². The molecule has 2 N–H and O–H groups in total. The van der Waals surface area contributed by atoms with Crippen LogP contribution in [0.15, 0.2) is 42.6 Å². The minimum absolute atomic E-state index is 0.289. The average molecular weight is 473 g/mol. The first-order chi connectivity index (χ1) is 15.6. The molecule has 0 bridgehead atoms. The van der Waals surface area contributed by atoms with Crippen molar-refractivity contribution in [3.05, 3.63) is 53.9 Å². The van der Waals surface area contributed by atoms with E-state index in [1.54, 1.807) is 30.3 Å². The molecule has 33 heavy (non-hydrogen) atoms. The number of likely N-dealkylation sites (N-methyl/N-ethyl adjacent to an activating group) is 2. The van der Waals surface area contributed by atoms with Crippen molar-refractivity contribution in [2.45, 2.75) is 20.3 Å². The Balaban J connectivity index is 1.91. The van der Waals surface area contributed by atoms with Crippen LogP contribution in [0.25, 0.3) is 5.65 Å². The van der Waals surface area contributed by atoms with Crippen molar-refractivity contribution in [3.63, 3.8) is 0 Å². The van der Waals surface area contributed by atoms with Crippen LogP contribution in [0.2, 0.25) is 0 Å². The molecule has 0 spiro atoms. The standard InChI is InChI=1S/C23H32N6O3S/c1-6-20-23(28(7-2)14-13-27(3)4)29-16-17(11-12-21(29)25-20)22(30)24-18-9-8-10-19(15-18)26-33(5,31)32/h8-12,15-16,26H,6-7,13-14H2,1-5H3,(H,24,30). The van der Waals surface area contributed by atoms with Crippen molar-refractivity contribution in [3.8, 4) is 0 Å². The average Bonchev–Trinajstić information content (AvgIpc) is 3.11. The van der Waals surface area contributed by atoms with Crippen LogP contribution in [0.1, 0.15) is 29.9 Å². The number of pyridine rings is 1. The lowest BCUT2D eigenvalue weighted by Gasteiger charge is -2.25. The van der Waals surface area contributed by atoms with E-state index < -0.39 is 10.0 Å². The Kier molecular flexibility index (Phi) is 7.60. The molecule has 0 aliphatic heterocycles. The molecule has 10 heteroatoms. The number of hydrogen-bond acceptors (Lipinski definition) is 6. The van der Waals surface area contributed by atoms with Crippen molar-refractivity contribution in [1.82, 2.24) is 14.3 Å². The fourth-order valence-corrected chi connectivity index (χ4v) is 4.15. The van der Waals surface area contributed by atoms with Crippen molar-refractivity contribution in [1.29, 1.82) is 0 Å². The Hall–Kier alpha value is -3.11. The molecule has 1 aromatic carbocycles. The van der Waals surface area contributed by atoms with Gasteiger partial charge in [-0.15, -0.1) is 0 Å². The molecular weight excluding hydrogens is 440 g/mol. The van der Waals surface area contributed by atoms with Gasteiger partial charge in [0.25, 0.3) is 5.91 Å². The molecule has 2 heterocycles. The Morgan fingerprint density at radius 1 is 1.09 bits per heavy atom. The summed E-state index contributed by atoms with van der Waals surface area (Å²) in [5, 5.41) is 2.84. The summed E-state index contributed by atoms with van der Waals surface area (Å²) in [5.74, 6) is 0.716. The fraction of sp³-hybridized carbons (Fsp3) is 0.391. The van der Waals surface area contributed by atoms with Crippen LogP contribution < -0.4 is 14.9 Å². The molecule has 0 atom stereocenters. The zero-order valence-electron chi connectivity index (χ0n) is 19.8. The van der Waals surface area contributed by atoms with Crippen molar-refractivity contribution in [2.24, 2.45) is 0 Å². The van der Waals surface area contributed by atoms with Gasteiger partial charge >= 0.3 is 0 Å². The summed E-state index contributed by atoms with van der Waals surface area (Å²) < 4.78 is 27.4. The molecule has 0 unspecified atom stereocenters. The molecule has 0 saturated heterocycles. The van der Waals surface area contributed by atoms with Crippen LogP contribution in [0.5, 0.6) is 0 Å². The van der Waals surface area contributed by atoms with Gasteiger partial charge in [-0.05, 0) is 57.8 Å². The summed E-state index contributed by atoms with van der Waals surface area (Å²) in [6.45, 7) is 6.77. The number of hydrogen-bond donors (Lipinski definition) is 2. The number of carbonyl (C=O) groups is 1. The molecule has 0 aliphatic carbocycles. The number of aryl methyl sites for hydroxylation is 1. The van der Waals surface area contributed by atoms with Gasteiger partial charge in [0.1, 0.15) is 11.5 Å². The van der Waals surface area contributed by atoms with E-state index >= 15 is 0 Å². The van der Waals surface area contributed by atoms with E-state index in [0.29, 0.717) is 16.9 Å². The van der Waals surface area contributed by atoms with Gasteiger partial charge in [0.15, 0.2) is 0 Å². The van der Waals surface area contributed by atoms with Crippen molar-refractivity contribution in [2.75, 3.05) is 54.9 Å². The third kappa shape index (κ3) is 6.23. The molecule has 178 valence electrons. The number of anilines is 3. The van der Waals surface area contributed by atoms with E-state index in [0.717, 1.165) is 49.5 Å². The molecule has 0 radical (unpaired) electrons. The van der Waals surface area contributed by atoms with E-state index in [1.165, 1.54) is 0 Å². The number of nitrogens with zero attached hydrogens (tertiary/aromatic N) is 4. The van der Waals surface area contributed by atoms with Crippen molar-refractivity contribution >= 4 is 38.8 Å². The number of sulfonamides is 1. The lowest BCUT2D eigenvalue weighted by molar-refractivity contribution is 0.102. The molecule has 3 rings (SSSR count). The molecule has 0 saturated carbocycles. The SMILES string of the molecule is CCc1nc2ccc(C(=O)Nc3cccc(NS(C)(=O)=O)c3)cn2c1N(CC)CCN(C)C. The summed E-state index contributed by atoms with van der Waals surface area (Å²) in [4.78, 5) is 22.2.